The fourth-order valence-corrected chi connectivity index (χ4v) is 4.65. The van der Waals surface area contributed by atoms with Gasteiger partial charge in [0.1, 0.15) is 0 Å². The summed E-state index contributed by atoms with van der Waals surface area (Å²) in [6.45, 7) is 1.68. The molecule has 0 spiro atoms. The zero-order valence-electron chi connectivity index (χ0n) is 22.3. The smallest absolute Gasteiger partial charge is 0.337 e. The minimum absolute atomic E-state index is 0.0377. The molecular formula is C29H27N5O7. The van der Waals surface area contributed by atoms with E-state index in [2.05, 4.69) is 16.0 Å². The molecule has 2 heterocycles. The number of hydrazone groups is 1. The molecule has 0 saturated heterocycles. The van der Waals surface area contributed by atoms with Crippen molar-refractivity contribution < 1.29 is 33.8 Å². The van der Waals surface area contributed by atoms with Crippen molar-refractivity contribution in [1.29, 1.82) is 0 Å². The highest BCUT2D eigenvalue weighted by atomic mass is 16.7. The third-order valence-corrected chi connectivity index (χ3v) is 6.67. The fourth-order valence-electron chi connectivity index (χ4n) is 4.65. The number of hydrogen-bond acceptors (Lipinski definition) is 7. The average Bonchev–Trinajstić information content (AvgIpc) is 3.38. The number of rotatable bonds is 6. The van der Waals surface area contributed by atoms with Crippen molar-refractivity contribution in [2.24, 2.45) is 5.10 Å². The summed E-state index contributed by atoms with van der Waals surface area (Å²) in [5, 5.41) is 23.2. The molecule has 0 radical (unpaired) electrons. The van der Waals surface area contributed by atoms with Crippen LogP contribution in [0.15, 0.2) is 65.8 Å². The Labute approximate surface area is 234 Å². The molecule has 5 rings (SSSR count). The number of fused-ring (bicyclic) bond motifs is 2. The van der Waals surface area contributed by atoms with Gasteiger partial charge in [-0.3, -0.25) is 9.59 Å². The standard InChI is InChI=1S/C29H27N5O7/c1-16-11-18-12-23-24(41-15-40-23)13-22(18)26(33-34(16)29(39)30-2)17-7-9-19(10-8-17)32-25(35)14-31-27(36)20-5-3-4-6-21(20)28(37)38/h3-10,12-13,16H,11,14-15H2,1-2H3,(H,30,39)(H,31,36)(H,32,35)(H,37,38). The Balaban J connectivity index is 1.34. The molecule has 3 aromatic rings. The highest BCUT2D eigenvalue weighted by Crippen LogP contribution is 2.37. The van der Waals surface area contributed by atoms with Crippen molar-refractivity contribution >= 4 is 35.2 Å². The van der Waals surface area contributed by atoms with Gasteiger partial charge in [0.2, 0.25) is 12.7 Å². The van der Waals surface area contributed by atoms with Gasteiger partial charge in [0.25, 0.3) is 5.91 Å². The highest BCUT2D eigenvalue weighted by molar-refractivity contribution is 6.15. The second kappa shape index (κ2) is 11.4. The minimum atomic E-state index is -1.24. The lowest BCUT2D eigenvalue weighted by Crippen LogP contribution is -2.41. The molecule has 4 N–H and O–H groups in total. The van der Waals surface area contributed by atoms with Crippen LogP contribution in [-0.4, -0.2) is 66.1 Å². The second-order valence-corrected chi connectivity index (χ2v) is 9.42. The Bertz CT molecular complexity index is 1570. The van der Waals surface area contributed by atoms with Gasteiger partial charge in [0.05, 0.1) is 29.4 Å². The molecular weight excluding hydrogens is 530 g/mol. The number of carboxylic acids is 1. The number of nitrogens with zero attached hydrogens (tertiary/aromatic N) is 2. The van der Waals surface area contributed by atoms with Gasteiger partial charge in [-0.1, -0.05) is 24.3 Å². The number of hydrogen-bond donors (Lipinski definition) is 4. The average molecular weight is 558 g/mol. The summed E-state index contributed by atoms with van der Waals surface area (Å²) in [6, 6.07) is 15.8. The zero-order chi connectivity index (χ0) is 29.1. The summed E-state index contributed by atoms with van der Waals surface area (Å²) in [4.78, 5) is 49.0. The van der Waals surface area contributed by atoms with Crippen molar-refractivity contribution in [3.05, 3.63) is 88.5 Å². The number of urea groups is 1. The topological polar surface area (TPSA) is 159 Å². The first-order valence-electron chi connectivity index (χ1n) is 12.8. The predicted molar refractivity (Wildman–Crippen MR) is 148 cm³/mol. The van der Waals surface area contributed by atoms with Gasteiger partial charge < -0.3 is 30.5 Å². The molecule has 3 aromatic carbocycles. The number of carbonyl (C=O) groups is 4. The summed E-state index contributed by atoms with van der Waals surface area (Å²) in [6.07, 6.45) is 0.545. The van der Waals surface area contributed by atoms with Crippen molar-refractivity contribution in [3.8, 4) is 11.5 Å². The predicted octanol–water partition coefficient (Wildman–Crippen LogP) is 2.82. The third-order valence-electron chi connectivity index (χ3n) is 6.67. The van der Waals surface area contributed by atoms with E-state index in [0.717, 1.165) is 11.1 Å². The van der Waals surface area contributed by atoms with E-state index < -0.39 is 17.8 Å². The molecule has 1 unspecified atom stereocenters. The van der Waals surface area contributed by atoms with E-state index in [1.54, 1.807) is 37.4 Å². The van der Waals surface area contributed by atoms with Gasteiger partial charge in [0, 0.05) is 23.9 Å². The van der Waals surface area contributed by atoms with Crippen molar-refractivity contribution in [1.82, 2.24) is 15.6 Å². The monoisotopic (exact) mass is 557 g/mol. The van der Waals surface area contributed by atoms with E-state index in [0.29, 0.717) is 34.9 Å². The van der Waals surface area contributed by atoms with E-state index in [9.17, 15) is 24.3 Å². The highest BCUT2D eigenvalue weighted by Gasteiger charge is 2.29. The Morgan fingerprint density at radius 2 is 1.68 bits per heavy atom. The number of amides is 4. The summed E-state index contributed by atoms with van der Waals surface area (Å²) < 4.78 is 11.1. The van der Waals surface area contributed by atoms with Gasteiger partial charge in [-0.15, -0.1) is 0 Å². The van der Waals surface area contributed by atoms with Crippen LogP contribution in [0.4, 0.5) is 10.5 Å². The molecule has 2 aliphatic rings. The van der Waals surface area contributed by atoms with Gasteiger partial charge in [-0.05, 0) is 55.3 Å². The summed E-state index contributed by atoms with van der Waals surface area (Å²) in [5.41, 5.74) is 3.27. The fraction of sp³-hybridized carbons (Fsp3) is 0.207. The van der Waals surface area contributed by atoms with Crippen LogP contribution in [0.5, 0.6) is 11.5 Å². The van der Waals surface area contributed by atoms with Crippen LogP contribution in [0.1, 0.15) is 44.3 Å². The molecule has 12 heteroatoms. The van der Waals surface area contributed by atoms with Crippen molar-refractivity contribution in [3.63, 3.8) is 0 Å². The Morgan fingerprint density at radius 3 is 2.37 bits per heavy atom. The van der Waals surface area contributed by atoms with Crippen LogP contribution >= 0.6 is 0 Å². The number of carboxylic acid groups (broad SMARTS) is 1. The third kappa shape index (κ3) is 5.66. The number of anilines is 1. The SMILES string of the molecule is CNC(=O)N1N=C(c2ccc(NC(=O)CNC(=O)c3ccccc3C(=O)O)cc2)c2cc3c(cc2CC1C)OCO3. The molecule has 0 fully saturated rings. The number of aromatic carboxylic acids is 1. The van der Waals surface area contributed by atoms with Crippen LogP contribution in [0.3, 0.4) is 0 Å². The number of ether oxygens (including phenoxy) is 2. The van der Waals surface area contributed by atoms with Crippen LogP contribution in [0.25, 0.3) is 0 Å². The second-order valence-electron chi connectivity index (χ2n) is 9.42. The van der Waals surface area contributed by atoms with E-state index in [1.165, 1.54) is 23.2 Å². The maximum Gasteiger partial charge on any atom is 0.337 e. The van der Waals surface area contributed by atoms with Gasteiger partial charge in [-0.25, -0.2) is 14.6 Å². The maximum atomic E-state index is 12.6. The Morgan fingerprint density at radius 1 is 1.00 bits per heavy atom. The molecule has 1 atom stereocenters. The van der Waals surface area contributed by atoms with E-state index in [1.807, 2.05) is 19.1 Å². The summed E-state index contributed by atoms with van der Waals surface area (Å²) in [7, 11) is 1.54. The summed E-state index contributed by atoms with van der Waals surface area (Å²) >= 11 is 0. The van der Waals surface area contributed by atoms with Crippen molar-refractivity contribution in [2.45, 2.75) is 19.4 Å². The lowest BCUT2D eigenvalue weighted by Gasteiger charge is -2.22. The lowest BCUT2D eigenvalue weighted by molar-refractivity contribution is -0.115. The first-order valence-corrected chi connectivity index (χ1v) is 12.8. The first kappa shape index (κ1) is 27.2. The molecule has 0 bridgehead atoms. The molecule has 0 aromatic heterocycles. The van der Waals surface area contributed by atoms with Gasteiger partial charge in [-0.2, -0.15) is 5.10 Å². The zero-order valence-corrected chi connectivity index (χ0v) is 22.3. The van der Waals surface area contributed by atoms with Gasteiger partial charge in [0.15, 0.2) is 11.5 Å². The lowest BCUT2D eigenvalue weighted by atomic mass is 9.94. The van der Waals surface area contributed by atoms with E-state index in [4.69, 9.17) is 14.6 Å². The molecule has 210 valence electrons. The van der Waals surface area contributed by atoms with Crippen LogP contribution < -0.4 is 25.4 Å². The van der Waals surface area contributed by atoms with Gasteiger partial charge >= 0.3 is 12.0 Å². The molecule has 0 saturated carbocycles. The molecule has 0 aliphatic carbocycles. The van der Waals surface area contributed by atoms with E-state index >= 15 is 0 Å². The number of carbonyl (C=O) groups excluding carboxylic acids is 3. The number of benzene rings is 3. The van der Waals surface area contributed by atoms with Crippen LogP contribution in [0.2, 0.25) is 0 Å². The first-order chi connectivity index (χ1) is 19.7. The van der Waals surface area contributed by atoms with Crippen molar-refractivity contribution in [2.75, 3.05) is 25.7 Å². The minimum Gasteiger partial charge on any atom is -0.478 e. The Hall–Kier alpha value is -5.39. The number of nitrogens with one attached hydrogen (secondary N) is 3. The van der Waals surface area contributed by atoms with Crippen LogP contribution in [0, 0.1) is 0 Å². The largest absolute Gasteiger partial charge is 0.478 e. The molecule has 4 amide bonds. The molecule has 41 heavy (non-hydrogen) atoms. The Kier molecular flexibility index (Phi) is 7.55. The van der Waals surface area contributed by atoms with E-state index in [-0.39, 0.29) is 36.5 Å². The molecule has 2 aliphatic heterocycles. The quantitative estimate of drug-likeness (QED) is 0.363. The summed E-state index contributed by atoms with van der Waals surface area (Å²) in [5.74, 6) is -1.17. The van der Waals surface area contributed by atoms with Crippen LogP contribution in [-0.2, 0) is 11.2 Å². The normalized spacial score (nSPS) is 15.2. The maximum absolute atomic E-state index is 12.6. The molecule has 12 nitrogen and oxygen atoms in total.